The van der Waals surface area contributed by atoms with E-state index < -0.39 is 0 Å². The van der Waals surface area contributed by atoms with Crippen molar-refractivity contribution in [2.24, 2.45) is 11.8 Å². The summed E-state index contributed by atoms with van der Waals surface area (Å²) in [5, 5.41) is 0. The summed E-state index contributed by atoms with van der Waals surface area (Å²) in [6.07, 6.45) is 3.98. The molecule has 0 saturated heterocycles. The molecule has 0 saturated carbocycles. The zero-order valence-corrected chi connectivity index (χ0v) is 11.3. The largest absolute Gasteiger partial charge is 0.489 e. The van der Waals surface area contributed by atoms with Crippen LogP contribution in [0.3, 0.4) is 0 Å². The van der Waals surface area contributed by atoms with Crippen LogP contribution in [0.15, 0.2) is 34.3 Å². The van der Waals surface area contributed by atoms with E-state index in [4.69, 9.17) is 9.47 Å². The van der Waals surface area contributed by atoms with Gasteiger partial charge >= 0.3 is 0 Å². The van der Waals surface area contributed by atoms with Gasteiger partial charge in [-0.3, -0.25) is 9.59 Å². The fourth-order valence-electron chi connectivity index (χ4n) is 3.47. The molecule has 0 aromatic heterocycles. The lowest BCUT2D eigenvalue weighted by Gasteiger charge is -2.39. The maximum absolute atomic E-state index is 12.5. The van der Waals surface area contributed by atoms with E-state index in [0.29, 0.717) is 11.1 Å². The van der Waals surface area contributed by atoms with E-state index in [1.54, 1.807) is 0 Å². The van der Waals surface area contributed by atoms with Crippen LogP contribution in [0.25, 0.3) is 0 Å². The molecule has 0 aromatic rings. The highest BCUT2D eigenvalue weighted by Crippen LogP contribution is 2.48. The van der Waals surface area contributed by atoms with Gasteiger partial charge in [0.15, 0.2) is 0 Å². The maximum Gasteiger partial charge on any atom is 0.228 e. The Bertz CT molecular complexity index is 577. The average molecular weight is 260 g/mol. The summed E-state index contributed by atoms with van der Waals surface area (Å²) < 4.78 is 10.2. The van der Waals surface area contributed by atoms with Crippen LogP contribution in [0, 0.1) is 11.8 Å². The lowest BCUT2D eigenvalue weighted by atomic mass is 9.64. The molecule has 0 N–H and O–H groups in total. The van der Waals surface area contributed by atoms with Crippen molar-refractivity contribution >= 4 is 11.6 Å². The van der Waals surface area contributed by atoms with Crippen molar-refractivity contribution < 1.29 is 19.1 Å². The minimum absolute atomic E-state index is 0.0462. The van der Waals surface area contributed by atoms with Crippen LogP contribution in [0.4, 0.5) is 0 Å². The zero-order chi connectivity index (χ0) is 13.7. The van der Waals surface area contributed by atoms with Gasteiger partial charge in [0.2, 0.25) is 23.1 Å². The third-order valence-corrected chi connectivity index (χ3v) is 4.31. The standard InChI is InChI=1S/C15H16O4/c1-7-6-8-4-5-9(7)11-10(8)12(16)14(18-2)15(19-3)13(11)17/h6,8-9H,4-5H2,1-3H3/t8-,9+/m1/s1. The average Bonchev–Trinajstić information content (AvgIpc) is 2.42. The van der Waals surface area contributed by atoms with Gasteiger partial charge in [-0.15, -0.1) is 0 Å². The van der Waals surface area contributed by atoms with Gasteiger partial charge in [0.05, 0.1) is 14.2 Å². The number of hydrogen-bond acceptors (Lipinski definition) is 4. The SMILES string of the molecule is COC1=C(OC)C(=O)C2=C(C1=O)[C@H]1CC[C@@H]2C=C1C. The van der Waals surface area contributed by atoms with Gasteiger partial charge in [-0.25, -0.2) is 0 Å². The monoisotopic (exact) mass is 260 g/mol. The summed E-state index contributed by atoms with van der Waals surface area (Å²) in [6, 6.07) is 0. The molecular formula is C15H16O4. The van der Waals surface area contributed by atoms with E-state index in [1.165, 1.54) is 19.8 Å². The highest BCUT2D eigenvalue weighted by molar-refractivity contribution is 6.24. The molecule has 19 heavy (non-hydrogen) atoms. The van der Waals surface area contributed by atoms with Gasteiger partial charge < -0.3 is 9.47 Å². The highest BCUT2D eigenvalue weighted by atomic mass is 16.5. The number of ketones is 2. The van der Waals surface area contributed by atoms with Crippen LogP contribution in [0.5, 0.6) is 0 Å². The molecule has 0 radical (unpaired) electrons. The molecule has 0 unspecified atom stereocenters. The first-order valence-corrected chi connectivity index (χ1v) is 6.44. The Balaban J connectivity index is 2.17. The van der Waals surface area contributed by atoms with E-state index >= 15 is 0 Å². The molecule has 100 valence electrons. The number of ether oxygens (including phenoxy) is 2. The molecule has 4 rings (SSSR count). The Hall–Kier alpha value is -1.84. The molecule has 4 aliphatic carbocycles. The van der Waals surface area contributed by atoms with Crippen molar-refractivity contribution in [3.8, 4) is 0 Å². The molecule has 4 aliphatic rings. The summed E-state index contributed by atoms with van der Waals surface area (Å²) in [4.78, 5) is 25.0. The molecule has 2 bridgehead atoms. The molecule has 0 fully saturated rings. The minimum Gasteiger partial charge on any atom is -0.489 e. The van der Waals surface area contributed by atoms with Gasteiger partial charge in [0.1, 0.15) is 0 Å². The first-order valence-electron chi connectivity index (χ1n) is 6.44. The number of carbonyl (C=O) groups is 2. The molecule has 4 heteroatoms. The molecule has 0 aliphatic heterocycles. The summed E-state index contributed by atoms with van der Waals surface area (Å²) in [7, 11) is 2.79. The topological polar surface area (TPSA) is 52.6 Å². The fraction of sp³-hybridized carbons (Fsp3) is 0.467. The van der Waals surface area contributed by atoms with Crippen LogP contribution in [-0.4, -0.2) is 25.8 Å². The quantitative estimate of drug-likeness (QED) is 0.562. The third kappa shape index (κ3) is 1.46. The van der Waals surface area contributed by atoms with Gasteiger partial charge in [-0.1, -0.05) is 11.6 Å². The van der Waals surface area contributed by atoms with E-state index in [-0.39, 0.29) is 34.9 Å². The second-order valence-corrected chi connectivity index (χ2v) is 5.20. The van der Waals surface area contributed by atoms with Crippen molar-refractivity contribution in [1.29, 1.82) is 0 Å². The van der Waals surface area contributed by atoms with E-state index in [0.717, 1.165) is 12.8 Å². The van der Waals surface area contributed by atoms with Gasteiger partial charge in [0.25, 0.3) is 0 Å². The number of hydrogen-bond donors (Lipinski definition) is 0. The number of allylic oxidation sites excluding steroid dienone is 4. The fourth-order valence-corrected chi connectivity index (χ4v) is 3.47. The van der Waals surface area contributed by atoms with Crippen molar-refractivity contribution in [2.75, 3.05) is 14.2 Å². The number of carbonyl (C=O) groups excluding carboxylic acids is 2. The number of rotatable bonds is 2. The Morgan fingerprint density at radius 3 is 2.11 bits per heavy atom. The van der Waals surface area contributed by atoms with Gasteiger partial charge in [0, 0.05) is 23.0 Å². The minimum atomic E-state index is -0.188. The number of methoxy groups -OCH3 is 2. The van der Waals surface area contributed by atoms with Gasteiger partial charge in [-0.05, 0) is 19.8 Å². The Labute approximate surface area is 111 Å². The Morgan fingerprint density at radius 2 is 1.58 bits per heavy atom. The third-order valence-electron chi connectivity index (χ3n) is 4.31. The van der Waals surface area contributed by atoms with Crippen LogP contribution in [0.2, 0.25) is 0 Å². The lowest BCUT2D eigenvalue weighted by Crippen LogP contribution is -2.38. The molecule has 0 spiro atoms. The summed E-state index contributed by atoms with van der Waals surface area (Å²) in [6.45, 7) is 2.03. The molecule has 0 heterocycles. The number of fused-ring (bicyclic) bond motifs is 1. The van der Waals surface area contributed by atoms with Crippen LogP contribution in [0.1, 0.15) is 19.8 Å². The molecule has 2 atom stereocenters. The lowest BCUT2D eigenvalue weighted by molar-refractivity contribution is -0.122. The molecule has 4 nitrogen and oxygen atoms in total. The first kappa shape index (κ1) is 12.2. The van der Waals surface area contributed by atoms with Crippen molar-refractivity contribution in [1.82, 2.24) is 0 Å². The molecule has 0 aromatic carbocycles. The number of Topliss-reactive ketones (excluding diaryl/α,β-unsaturated/α-hetero) is 2. The molecular weight excluding hydrogens is 244 g/mol. The summed E-state index contributed by atoms with van der Waals surface area (Å²) >= 11 is 0. The van der Waals surface area contributed by atoms with Gasteiger partial charge in [-0.2, -0.15) is 0 Å². The second-order valence-electron chi connectivity index (χ2n) is 5.20. The predicted octanol–water partition coefficient (Wildman–Crippen LogP) is 1.93. The van der Waals surface area contributed by atoms with Crippen molar-refractivity contribution in [2.45, 2.75) is 19.8 Å². The van der Waals surface area contributed by atoms with Crippen molar-refractivity contribution in [3.63, 3.8) is 0 Å². The van der Waals surface area contributed by atoms with Crippen LogP contribution < -0.4 is 0 Å². The summed E-state index contributed by atoms with van der Waals surface area (Å²) in [5.41, 5.74) is 2.45. The maximum atomic E-state index is 12.5. The van der Waals surface area contributed by atoms with E-state index in [1.807, 2.05) is 6.92 Å². The summed E-state index contributed by atoms with van der Waals surface area (Å²) in [5.74, 6) is -0.153. The highest BCUT2D eigenvalue weighted by Gasteiger charge is 2.46. The zero-order valence-electron chi connectivity index (χ0n) is 11.3. The smallest absolute Gasteiger partial charge is 0.228 e. The first-order chi connectivity index (χ1) is 9.10. The second kappa shape index (κ2) is 4.08. The van der Waals surface area contributed by atoms with Crippen molar-refractivity contribution in [3.05, 3.63) is 34.3 Å². The molecule has 0 amide bonds. The van der Waals surface area contributed by atoms with E-state index in [2.05, 4.69) is 6.08 Å². The predicted molar refractivity (Wildman–Crippen MR) is 68.1 cm³/mol. The van der Waals surface area contributed by atoms with Crippen LogP contribution in [-0.2, 0) is 19.1 Å². The van der Waals surface area contributed by atoms with Crippen LogP contribution >= 0.6 is 0 Å². The Kier molecular flexibility index (Phi) is 2.62. The van der Waals surface area contributed by atoms with E-state index in [9.17, 15) is 9.59 Å². The normalized spacial score (nSPS) is 29.5. The Morgan fingerprint density at radius 1 is 1.00 bits per heavy atom.